The van der Waals surface area contributed by atoms with Crippen LogP contribution in [0.4, 0.5) is 5.69 Å². The van der Waals surface area contributed by atoms with E-state index in [0.717, 1.165) is 36.7 Å². The molecule has 0 radical (unpaired) electrons. The number of nitrogens with one attached hydrogen (secondary N) is 1. The quantitative estimate of drug-likeness (QED) is 0.276. The number of carbonyl (C=O) groups is 1. The van der Waals surface area contributed by atoms with Crippen molar-refractivity contribution >= 4 is 60.6 Å². The minimum absolute atomic E-state index is 0.261. The maximum absolute atomic E-state index is 12.5. The lowest BCUT2D eigenvalue weighted by molar-refractivity contribution is -0.111. The second-order valence-electron chi connectivity index (χ2n) is 6.90. The van der Waals surface area contributed by atoms with Crippen molar-refractivity contribution in [1.82, 2.24) is 4.98 Å². The van der Waals surface area contributed by atoms with Gasteiger partial charge < -0.3 is 14.5 Å². The molecule has 156 valence electrons. The molecule has 0 spiro atoms. The number of hydrogen-bond donors (Lipinski definition) is 1. The summed E-state index contributed by atoms with van der Waals surface area (Å²) in [6.07, 6.45) is 3.17. The van der Waals surface area contributed by atoms with Crippen molar-refractivity contribution in [1.29, 1.82) is 0 Å². The number of ether oxygens (including phenoxy) is 1. The van der Waals surface area contributed by atoms with Gasteiger partial charge in [-0.2, -0.15) is 0 Å². The highest BCUT2D eigenvalue weighted by molar-refractivity contribution is 9.11. The number of halogens is 2. The van der Waals surface area contributed by atoms with Gasteiger partial charge in [-0.15, -0.1) is 0 Å². The van der Waals surface area contributed by atoms with Gasteiger partial charge in [-0.3, -0.25) is 4.79 Å². The zero-order valence-corrected chi connectivity index (χ0v) is 20.0. The molecule has 0 aliphatic rings. The number of fused-ring (bicyclic) bond motifs is 1. The Bertz CT molecular complexity index is 1310. The summed E-state index contributed by atoms with van der Waals surface area (Å²) < 4.78 is 12.9. The molecule has 3 aromatic carbocycles. The lowest BCUT2D eigenvalue weighted by Gasteiger charge is -2.08. The van der Waals surface area contributed by atoms with Gasteiger partial charge in [0.05, 0.1) is 11.6 Å². The van der Waals surface area contributed by atoms with Gasteiger partial charge in [0.25, 0.3) is 0 Å². The number of anilines is 1. The van der Waals surface area contributed by atoms with Crippen LogP contribution in [0.1, 0.15) is 11.1 Å². The first-order valence-electron chi connectivity index (χ1n) is 9.42. The summed E-state index contributed by atoms with van der Waals surface area (Å²) in [5.41, 5.74) is 4.86. The lowest BCUT2D eigenvalue weighted by Crippen LogP contribution is -2.07. The van der Waals surface area contributed by atoms with Crippen LogP contribution in [0.2, 0.25) is 0 Å². The molecule has 1 amide bonds. The number of nitrogens with zero attached hydrogens (tertiary/aromatic N) is 1. The lowest BCUT2D eigenvalue weighted by atomic mass is 10.1. The smallest absolute Gasteiger partial charge is 0.248 e. The molecule has 0 unspecified atom stereocenters. The Labute approximate surface area is 196 Å². The molecule has 0 saturated heterocycles. The number of methoxy groups -OCH3 is 1. The van der Waals surface area contributed by atoms with Crippen LogP contribution in [0.5, 0.6) is 5.75 Å². The second kappa shape index (κ2) is 9.08. The fourth-order valence-electron chi connectivity index (χ4n) is 3.16. The number of aromatic nitrogens is 1. The summed E-state index contributed by atoms with van der Waals surface area (Å²) in [6, 6.07) is 17.0. The maximum atomic E-state index is 12.5. The van der Waals surface area contributed by atoms with E-state index < -0.39 is 0 Å². The van der Waals surface area contributed by atoms with Crippen LogP contribution in [0.3, 0.4) is 0 Å². The van der Waals surface area contributed by atoms with Crippen molar-refractivity contribution in [3.8, 4) is 17.2 Å². The van der Waals surface area contributed by atoms with Gasteiger partial charge in [0, 0.05) is 27.4 Å². The first kappa shape index (κ1) is 21.3. The van der Waals surface area contributed by atoms with Gasteiger partial charge in [0.2, 0.25) is 11.8 Å². The number of rotatable bonds is 5. The first-order valence-corrected chi connectivity index (χ1v) is 11.0. The molecule has 0 saturated carbocycles. The predicted molar refractivity (Wildman–Crippen MR) is 130 cm³/mol. The molecular formula is C24H18Br2N2O3. The minimum atomic E-state index is -0.261. The average molecular weight is 542 g/mol. The zero-order valence-electron chi connectivity index (χ0n) is 16.8. The molecule has 0 atom stereocenters. The maximum Gasteiger partial charge on any atom is 0.248 e. The Morgan fingerprint density at radius 2 is 1.97 bits per heavy atom. The van der Waals surface area contributed by atoms with E-state index in [1.165, 1.54) is 6.08 Å². The number of oxazole rings is 1. The number of carbonyl (C=O) groups excluding carboxylic acids is 1. The molecule has 4 rings (SSSR count). The summed E-state index contributed by atoms with van der Waals surface area (Å²) in [4.78, 5) is 17.0. The molecule has 4 aromatic rings. The summed E-state index contributed by atoms with van der Waals surface area (Å²) in [5, 5.41) is 2.87. The fourth-order valence-corrected chi connectivity index (χ4v) is 4.58. The van der Waals surface area contributed by atoms with E-state index in [0.29, 0.717) is 17.3 Å². The number of aryl methyl sites for hydroxylation is 1. The molecule has 0 fully saturated rings. The molecular weight excluding hydrogens is 524 g/mol. The molecule has 31 heavy (non-hydrogen) atoms. The third-order valence-corrected chi connectivity index (χ3v) is 5.62. The first-order chi connectivity index (χ1) is 14.9. The molecule has 0 bridgehead atoms. The number of amides is 1. The summed E-state index contributed by atoms with van der Waals surface area (Å²) in [7, 11) is 1.59. The molecule has 0 aliphatic carbocycles. The van der Waals surface area contributed by atoms with Crippen LogP contribution in [0, 0.1) is 6.92 Å². The SMILES string of the molecule is COc1c(Br)cc(Br)cc1/C=C/C(=O)Nc1cccc(-c2nc3cc(C)ccc3o2)c1. The topological polar surface area (TPSA) is 64.4 Å². The van der Waals surface area contributed by atoms with Gasteiger partial charge in [0.1, 0.15) is 11.3 Å². The second-order valence-corrected chi connectivity index (χ2v) is 8.67. The highest BCUT2D eigenvalue weighted by Crippen LogP contribution is 2.33. The van der Waals surface area contributed by atoms with E-state index in [2.05, 4.69) is 42.2 Å². The van der Waals surface area contributed by atoms with E-state index in [1.54, 1.807) is 13.2 Å². The van der Waals surface area contributed by atoms with Crippen molar-refractivity contribution in [3.05, 3.63) is 80.7 Å². The third kappa shape index (κ3) is 4.89. The van der Waals surface area contributed by atoms with Crippen LogP contribution >= 0.6 is 31.9 Å². The number of hydrogen-bond acceptors (Lipinski definition) is 4. The Morgan fingerprint density at radius 3 is 2.77 bits per heavy atom. The number of benzene rings is 3. The molecule has 5 nitrogen and oxygen atoms in total. The van der Waals surface area contributed by atoms with Crippen molar-refractivity contribution in [2.45, 2.75) is 6.92 Å². The monoisotopic (exact) mass is 540 g/mol. The molecule has 1 N–H and O–H groups in total. The van der Waals surface area contributed by atoms with E-state index in [-0.39, 0.29) is 5.91 Å². The largest absolute Gasteiger partial charge is 0.495 e. The standard InChI is InChI=1S/C24H18Br2N2O3/c1-14-6-8-21-20(10-14)28-24(31-21)16-4-3-5-18(12-16)27-22(29)9-7-15-11-17(25)13-19(26)23(15)30-2/h3-13H,1-2H3,(H,27,29)/b9-7+. The van der Waals surface area contributed by atoms with Gasteiger partial charge in [-0.05, 0) is 77.0 Å². The third-order valence-electron chi connectivity index (χ3n) is 4.58. The Balaban J connectivity index is 1.54. The van der Waals surface area contributed by atoms with Crippen LogP contribution in [-0.2, 0) is 4.79 Å². The Morgan fingerprint density at radius 1 is 1.13 bits per heavy atom. The van der Waals surface area contributed by atoms with Gasteiger partial charge in [-0.25, -0.2) is 4.98 Å². The minimum Gasteiger partial charge on any atom is -0.495 e. The summed E-state index contributed by atoms with van der Waals surface area (Å²) in [6.45, 7) is 2.01. The van der Waals surface area contributed by atoms with E-state index in [4.69, 9.17) is 9.15 Å². The van der Waals surface area contributed by atoms with Crippen LogP contribution in [0.15, 0.2) is 74.0 Å². The Kier molecular flexibility index (Phi) is 6.25. The van der Waals surface area contributed by atoms with Crippen molar-refractivity contribution in [3.63, 3.8) is 0 Å². The van der Waals surface area contributed by atoms with Crippen LogP contribution < -0.4 is 10.1 Å². The van der Waals surface area contributed by atoms with Crippen molar-refractivity contribution < 1.29 is 13.9 Å². The Hall–Kier alpha value is -2.90. The van der Waals surface area contributed by atoms with Crippen LogP contribution in [0.25, 0.3) is 28.6 Å². The van der Waals surface area contributed by atoms with E-state index in [1.807, 2.05) is 61.5 Å². The summed E-state index contributed by atoms with van der Waals surface area (Å²) in [5.74, 6) is 0.903. The summed E-state index contributed by atoms with van der Waals surface area (Å²) >= 11 is 6.91. The van der Waals surface area contributed by atoms with Gasteiger partial charge in [-0.1, -0.05) is 28.1 Å². The zero-order chi connectivity index (χ0) is 22.0. The average Bonchev–Trinajstić information content (AvgIpc) is 3.15. The van der Waals surface area contributed by atoms with Gasteiger partial charge in [0.15, 0.2) is 5.58 Å². The highest BCUT2D eigenvalue weighted by atomic mass is 79.9. The van der Waals surface area contributed by atoms with E-state index >= 15 is 0 Å². The molecule has 0 aliphatic heterocycles. The predicted octanol–water partition coefficient (Wildman–Crippen LogP) is 6.99. The normalized spacial score (nSPS) is 11.2. The van der Waals surface area contributed by atoms with Crippen LogP contribution in [-0.4, -0.2) is 18.0 Å². The molecule has 1 heterocycles. The molecule has 1 aromatic heterocycles. The van der Waals surface area contributed by atoms with E-state index in [9.17, 15) is 4.79 Å². The van der Waals surface area contributed by atoms with Crippen molar-refractivity contribution in [2.24, 2.45) is 0 Å². The van der Waals surface area contributed by atoms with Crippen molar-refractivity contribution in [2.75, 3.05) is 12.4 Å². The molecule has 7 heteroatoms. The van der Waals surface area contributed by atoms with Gasteiger partial charge >= 0.3 is 0 Å². The highest BCUT2D eigenvalue weighted by Gasteiger charge is 2.10. The fraction of sp³-hybridized carbons (Fsp3) is 0.0833.